The number of benzene rings is 1. The summed E-state index contributed by atoms with van der Waals surface area (Å²) < 4.78 is 5.24. The fourth-order valence-electron chi connectivity index (χ4n) is 3.27. The molecular weight excluding hydrogens is 378 g/mol. The van der Waals surface area contributed by atoms with Crippen molar-refractivity contribution < 1.29 is 14.3 Å². The average molecular weight is 398 g/mol. The van der Waals surface area contributed by atoms with Gasteiger partial charge >= 0.3 is 5.97 Å². The second-order valence-corrected chi connectivity index (χ2v) is 8.53. The van der Waals surface area contributed by atoms with E-state index in [9.17, 15) is 9.59 Å². The number of aryl methyl sites for hydroxylation is 2. The van der Waals surface area contributed by atoms with Gasteiger partial charge in [-0.2, -0.15) is 0 Å². The topological polar surface area (TPSA) is 55.4 Å². The van der Waals surface area contributed by atoms with E-state index in [1.807, 2.05) is 42.6 Å². The molecule has 1 atom stereocenters. The van der Waals surface area contributed by atoms with Crippen molar-refractivity contribution in [3.63, 3.8) is 0 Å². The van der Waals surface area contributed by atoms with Crippen molar-refractivity contribution in [2.75, 3.05) is 6.61 Å². The molecule has 0 saturated carbocycles. The molecule has 0 saturated heterocycles. The van der Waals surface area contributed by atoms with E-state index in [4.69, 9.17) is 4.74 Å². The van der Waals surface area contributed by atoms with Crippen LogP contribution in [0.15, 0.2) is 47.8 Å². The summed E-state index contributed by atoms with van der Waals surface area (Å²) in [4.78, 5) is 27.2. The molecule has 1 aliphatic carbocycles. The maximum atomic E-state index is 12.4. The molecule has 1 N–H and O–H groups in total. The normalized spacial score (nSPS) is 13.4. The Hall–Kier alpha value is -2.44. The molecule has 0 spiro atoms. The van der Waals surface area contributed by atoms with Crippen molar-refractivity contribution in [2.24, 2.45) is 0 Å². The average Bonchev–Trinajstić information content (AvgIpc) is 3.35. The molecule has 3 aromatic rings. The van der Waals surface area contributed by atoms with Gasteiger partial charge in [0.15, 0.2) is 6.61 Å². The Balaban J connectivity index is 1.38. The quantitative estimate of drug-likeness (QED) is 0.640. The molecule has 1 aliphatic rings. The Bertz CT molecular complexity index is 975. The number of fused-ring (bicyclic) bond motifs is 3. The zero-order valence-electron chi connectivity index (χ0n) is 14.9. The summed E-state index contributed by atoms with van der Waals surface area (Å²) in [5.74, 6) is -0.735. The van der Waals surface area contributed by atoms with E-state index in [2.05, 4.69) is 17.4 Å². The van der Waals surface area contributed by atoms with E-state index in [0.29, 0.717) is 4.88 Å². The number of thiophene rings is 2. The lowest BCUT2D eigenvalue weighted by Gasteiger charge is -2.15. The van der Waals surface area contributed by atoms with E-state index in [1.54, 1.807) is 11.3 Å². The van der Waals surface area contributed by atoms with Crippen molar-refractivity contribution in [3.8, 4) is 10.4 Å². The zero-order valence-corrected chi connectivity index (χ0v) is 16.5. The Morgan fingerprint density at radius 1 is 1.15 bits per heavy atom. The van der Waals surface area contributed by atoms with Crippen LogP contribution in [0.4, 0.5) is 0 Å². The first kappa shape index (κ1) is 17.9. The Morgan fingerprint density at radius 3 is 2.78 bits per heavy atom. The molecular formula is C21H19NO3S2. The lowest BCUT2D eigenvalue weighted by Crippen LogP contribution is -2.30. The largest absolute Gasteiger partial charge is 0.451 e. The highest BCUT2D eigenvalue weighted by Crippen LogP contribution is 2.39. The number of nitrogens with one attached hydrogen (secondary N) is 1. The molecule has 138 valence electrons. The third kappa shape index (κ3) is 3.82. The number of amides is 1. The van der Waals surface area contributed by atoms with Crippen LogP contribution in [0, 0.1) is 0 Å². The third-order valence-electron chi connectivity index (χ3n) is 4.62. The second kappa shape index (κ2) is 7.66. The summed E-state index contributed by atoms with van der Waals surface area (Å²) in [6.07, 6.45) is 1.91. The van der Waals surface area contributed by atoms with Gasteiger partial charge in [-0.1, -0.05) is 30.3 Å². The number of esters is 1. The minimum atomic E-state index is -0.439. The van der Waals surface area contributed by atoms with Gasteiger partial charge in [-0.05, 0) is 54.0 Å². The van der Waals surface area contributed by atoms with E-state index in [-0.39, 0.29) is 18.6 Å². The number of ether oxygens (including phenoxy) is 1. The Kier molecular flexibility index (Phi) is 5.09. The van der Waals surface area contributed by atoms with Gasteiger partial charge in [-0.15, -0.1) is 22.7 Å². The van der Waals surface area contributed by atoms with Crippen LogP contribution < -0.4 is 5.32 Å². The van der Waals surface area contributed by atoms with Crippen molar-refractivity contribution in [3.05, 3.63) is 68.7 Å². The first-order valence-corrected chi connectivity index (χ1v) is 10.5. The van der Waals surface area contributed by atoms with E-state index in [1.165, 1.54) is 28.0 Å². The smallest absolute Gasteiger partial charge is 0.348 e. The second-order valence-electron chi connectivity index (χ2n) is 6.50. The van der Waals surface area contributed by atoms with Crippen LogP contribution in [0.3, 0.4) is 0 Å². The van der Waals surface area contributed by atoms with Gasteiger partial charge in [-0.3, -0.25) is 4.79 Å². The molecule has 4 rings (SSSR count). The first-order chi connectivity index (χ1) is 13.1. The van der Waals surface area contributed by atoms with Crippen LogP contribution in [0.2, 0.25) is 0 Å². The van der Waals surface area contributed by atoms with Gasteiger partial charge in [0, 0.05) is 9.75 Å². The van der Waals surface area contributed by atoms with Crippen molar-refractivity contribution >= 4 is 34.6 Å². The van der Waals surface area contributed by atoms with Gasteiger partial charge in [0.25, 0.3) is 5.91 Å². The standard InChI is InChI=1S/C21H19NO3S2/c1-13(17-7-4-10-26-17)22-19(23)12-25-21(24)18-11-15-9-8-14-5-2-3-6-16(14)20(15)27-18/h2-7,10-11,13H,8-9,12H2,1H3,(H,22,23)/t13-/m0/s1. The molecule has 2 heterocycles. The monoisotopic (exact) mass is 397 g/mol. The van der Waals surface area contributed by atoms with Gasteiger partial charge in [0.05, 0.1) is 6.04 Å². The zero-order chi connectivity index (χ0) is 18.8. The van der Waals surface area contributed by atoms with Gasteiger partial charge in [0.2, 0.25) is 0 Å². The highest BCUT2D eigenvalue weighted by Gasteiger charge is 2.22. The van der Waals surface area contributed by atoms with Crippen LogP contribution in [-0.4, -0.2) is 18.5 Å². The van der Waals surface area contributed by atoms with E-state index in [0.717, 1.165) is 22.6 Å². The van der Waals surface area contributed by atoms with Crippen molar-refractivity contribution in [1.29, 1.82) is 0 Å². The molecule has 0 bridgehead atoms. The maximum absolute atomic E-state index is 12.4. The predicted octanol–water partition coefficient (Wildman–Crippen LogP) is 4.61. The summed E-state index contributed by atoms with van der Waals surface area (Å²) in [6.45, 7) is 1.64. The third-order valence-corrected chi connectivity index (χ3v) is 6.86. The van der Waals surface area contributed by atoms with Crippen LogP contribution in [0.1, 0.15) is 38.6 Å². The minimum absolute atomic E-state index is 0.0956. The summed E-state index contributed by atoms with van der Waals surface area (Å²) in [5, 5.41) is 4.82. The highest BCUT2D eigenvalue weighted by atomic mass is 32.1. The summed E-state index contributed by atoms with van der Waals surface area (Å²) in [6, 6.07) is 14.0. The van der Waals surface area contributed by atoms with Crippen LogP contribution in [0.5, 0.6) is 0 Å². The number of carbonyl (C=O) groups excluding carboxylic acids is 2. The first-order valence-electron chi connectivity index (χ1n) is 8.82. The van der Waals surface area contributed by atoms with E-state index < -0.39 is 5.97 Å². The van der Waals surface area contributed by atoms with Gasteiger partial charge in [-0.25, -0.2) is 4.79 Å². The molecule has 4 nitrogen and oxygen atoms in total. The maximum Gasteiger partial charge on any atom is 0.348 e. The molecule has 0 fully saturated rings. The lowest BCUT2D eigenvalue weighted by molar-refractivity contribution is -0.124. The molecule has 0 radical (unpaired) electrons. The minimum Gasteiger partial charge on any atom is -0.451 e. The van der Waals surface area contributed by atoms with Crippen LogP contribution >= 0.6 is 22.7 Å². The molecule has 0 aliphatic heterocycles. The van der Waals surface area contributed by atoms with Crippen LogP contribution in [-0.2, 0) is 22.4 Å². The lowest BCUT2D eigenvalue weighted by atomic mass is 9.91. The summed E-state index contributed by atoms with van der Waals surface area (Å²) in [5.41, 5.74) is 3.69. The fraction of sp³-hybridized carbons (Fsp3) is 0.238. The SMILES string of the molecule is C[C@H](NC(=O)COC(=O)c1cc2c(s1)-c1ccccc1CC2)c1cccs1. The summed E-state index contributed by atoms with van der Waals surface area (Å²) in [7, 11) is 0. The van der Waals surface area contributed by atoms with E-state index >= 15 is 0 Å². The van der Waals surface area contributed by atoms with Crippen LogP contribution in [0.25, 0.3) is 10.4 Å². The molecule has 6 heteroatoms. The Labute approximate surface area is 165 Å². The summed E-state index contributed by atoms with van der Waals surface area (Å²) >= 11 is 3.03. The predicted molar refractivity (Wildman–Crippen MR) is 108 cm³/mol. The number of rotatable bonds is 5. The number of carbonyl (C=O) groups is 2. The molecule has 27 heavy (non-hydrogen) atoms. The fourth-order valence-corrected chi connectivity index (χ4v) is 5.17. The van der Waals surface area contributed by atoms with Crippen molar-refractivity contribution in [2.45, 2.75) is 25.8 Å². The highest BCUT2D eigenvalue weighted by molar-refractivity contribution is 7.17. The Morgan fingerprint density at radius 2 is 1.96 bits per heavy atom. The van der Waals surface area contributed by atoms with Gasteiger partial charge in [0.1, 0.15) is 4.88 Å². The van der Waals surface area contributed by atoms with Gasteiger partial charge < -0.3 is 10.1 Å². The molecule has 0 unspecified atom stereocenters. The molecule has 1 amide bonds. The van der Waals surface area contributed by atoms with Crippen molar-refractivity contribution in [1.82, 2.24) is 5.32 Å². The number of hydrogen-bond donors (Lipinski definition) is 1. The molecule has 1 aromatic carbocycles. The molecule has 2 aromatic heterocycles. The number of hydrogen-bond acceptors (Lipinski definition) is 5.